The van der Waals surface area contributed by atoms with Crippen LogP contribution in [0, 0.1) is 13.8 Å². The zero-order chi connectivity index (χ0) is 16.2. The Morgan fingerprint density at radius 2 is 2.00 bits per heavy atom. The average molecular weight is 311 g/mol. The first-order valence-electron chi connectivity index (χ1n) is 7.32. The molecule has 118 valence electrons. The Balaban J connectivity index is 1.53. The van der Waals surface area contributed by atoms with Gasteiger partial charge in [-0.05, 0) is 37.6 Å². The largest absolute Gasteiger partial charge is 0.482 e. The Labute approximate surface area is 133 Å². The molecule has 23 heavy (non-hydrogen) atoms. The third kappa shape index (κ3) is 3.69. The molecule has 5 heteroatoms. The van der Waals surface area contributed by atoms with E-state index in [1.165, 1.54) is 0 Å². The number of aromatic nitrogens is 1. The second-order valence-corrected chi connectivity index (χ2v) is 5.29. The summed E-state index contributed by atoms with van der Waals surface area (Å²) in [4.78, 5) is 16.0. The quantitative estimate of drug-likeness (QED) is 0.674. The summed E-state index contributed by atoms with van der Waals surface area (Å²) in [5.41, 5.74) is 3.54. The monoisotopic (exact) mass is 311 g/mol. The lowest BCUT2D eigenvalue weighted by Crippen LogP contribution is -2.15. The molecule has 5 nitrogen and oxygen atoms in total. The average Bonchev–Trinajstić information content (AvgIpc) is 2.95. The number of carbonyl (C=O) groups is 1. The van der Waals surface area contributed by atoms with E-state index < -0.39 is 5.97 Å². The van der Waals surface area contributed by atoms with Crippen LogP contribution in [0.5, 0.6) is 5.75 Å². The van der Waals surface area contributed by atoms with Crippen LogP contribution in [0.1, 0.15) is 17.0 Å². The van der Waals surface area contributed by atoms with E-state index in [1.807, 2.05) is 56.3 Å². The van der Waals surface area contributed by atoms with Crippen LogP contribution in [0.3, 0.4) is 0 Å². The Kier molecular flexibility index (Phi) is 4.28. The van der Waals surface area contributed by atoms with Gasteiger partial charge in [0.15, 0.2) is 18.8 Å². The summed E-state index contributed by atoms with van der Waals surface area (Å²) in [5.74, 6) is 0.577. The van der Waals surface area contributed by atoms with Crippen molar-refractivity contribution in [3.05, 3.63) is 59.5 Å². The molecule has 0 bridgehead atoms. The van der Waals surface area contributed by atoms with Gasteiger partial charge in [-0.3, -0.25) is 0 Å². The van der Waals surface area contributed by atoms with E-state index in [0.717, 1.165) is 16.6 Å². The third-order valence-corrected chi connectivity index (χ3v) is 3.37. The first kappa shape index (κ1) is 15.1. The van der Waals surface area contributed by atoms with Crippen LogP contribution in [-0.4, -0.2) is 17.6 Å². The van der Waals surface area contributed by atoms with Crippen molar-refractivity contribution in [3.8, 4) is 5.75 Å². The summed E-state index contributed by atoms with van der Waals surface area (Å²) < 4.78 is 16.1. The van der Waals surface area contributed by atoms with Crippen LogP contribution in [0.2, 0.25) is 0 Å². The molecule has 2 aromatic carbocycles. The molecule has 3 aromatic rings. The number of oxazole rings is 1. The van der Waals surface area contributed by atoms with Crippen LogP contribution in [-0.2, 0) is 16.1 Å². The van der Waals surface area contributed by atoms with Gasteiger partial charge in [-0.1, -0.05) is 29.8 Å². The summed E-state index contributed by atoms with van der Waals surface area (Å²) in [5, 5.41) is 0. The highest BCUT2D eigenvalue weighted by molar-refractivity contribution is 5.72. The predicted molar refractivity (Wildman–Crippen MR) is 85.2 cm³/mol. The van der Waals surface area contributed by atoms with Crippen molar-refractivity contribution < 1.29 is 18.7 Å². The smallest absolute Gasteiger partial charge is 0.344 e. The zero-order valence-electron chi connectivity index (χ0n) is 13.0. The topological polar surface area (TPSA) is 61.6 Å². The van der Waals surface area contributed by atoms with Crippen molar-refractivity contribution in [1.29, 1.82) is 0 Å². The third-order valence-electron chi connectivity index (χ3n) is 3.37. The number of hydrogen-bond donors (Lipinski definition) is 0. The number of benzene rings is 2. The van der Waals surface area contributed by atoms with Gasteiger partial charge >= 0.3 is 5.97 Å². The van der Waals surface area contributed by atoms with E-state index in [4.69, 9.17) is 13.9 Å². The molecule has 1 heterocycles. The molecule has 0 aliphatic carbocycles. The molecule has 0 radical (unpaired) electrons. The fourth-order valence-corrected chi connectivity index (χ4v) is 2.26. The van der Waals surface area contributed by atoms with Crippen molar-refractivity contribution in [2.24, 2.45) is 0 Å². The van der Waals surface area contributed by atoms with E-state index in [2.05, 4.69) is 4.98 Å². The van der Waals surface area contributed by atoms with Gasteiger partial charge in [-0.25, -0.2) is 9.78 Å². The molecule has 0 aliphatic heterocycles. The standard InChI is InChI=1S/C18H17NO4/c1-12-7-8-15(13(2)9-12)21-11-18(20)22-10-17-19-14-5-3-4-6-16(14)23-17/h3-9H,10-11H2,1-2H3. The van der Waals surface area contributed by atoms with Crippen LogP contribution in [0.4, 0.5) is 0 Å². The maximum atomic E-state index is 11.8. The molecule has 0 amide bonds. The Hall–Kier alpha value is -2.82. The van der Waals surface area contributed by atoms with Gasteiger partial charge in [0, 0.05) is 0 Å². The van der Waals surface area contributed by atoms with Gasteiger partial charge in [0.25, 0.3) is 0 Å². The number of fused-ring (bicyclic) bond motifs is 1. The maximum Gasteiger partial charge on any atom is 0.344 e. The lowest BCUT2D eigenvalue weighted by atomic mass is 10.1. The number of hydrogen-bond acceptors (Lipinski definition) is 5. The van der Waals surface area contributed by atoms with E-state index in [9.17, 15) is 4.79 Å². The number of carbonyl (C=O) groups excluding carboxylic acids is 1. The maximum absolute atomic E-state index is 11.8. The zero-order valence-corrected chi connectivity index (χ0v) is 13.0. The van der Waals surface area contributed by atoms with Crippen LogP contribution in [0.15, 0.2) is 46.9 Å². The van der Waals surface area contributed by atoms with Crippen LogP contribution < -0.4 is 4.74 Å². The molecular weight excluding hydrogens is 294 g/mol. The van der Waals surface area contributed by atoms with Crippen molar-refractivity contribution in [1.82, 2.24) is 4.98 Å². The number of para-hydroxylation sites is 2. The van der Waals surface area contributed by atoms with E-state index in [1.54, 1.807) is 0 Å². The lowest BCUT2D eigenvalue weighted by molar-refractivity contribution is -0.148. The van der Waals surface area contributed by atoms with E-state index in [-0.39, 0.29) is 13.2 Å². The molecule has 0 unspecified atom stereocenters. The highest BCUT2D eigenvalue weighted by atomic mass is 16.6. The molecule has 0 spiro atoms. The summed E-state index contributed by atoms with van der Waals surface area (Å²) in [7, 11) is 0. The van der Waals surface area contributed by atoms with E-state index >= 15 is 0 Å². The highest BCUT2D eigenvalue weighted by Crippen LogP contribution is 2.19. The van der Waals surface area contributed by atoms with Crippen molar-refractivity contribution in [2.45, 2.75) is 20.5 Å². The minimum absolute atomic E-state index is 0.0102. The Bertz CT molecular complexity index is 805. The summed E-state index contributed by atoms with van der Waals surface area (Å²) in [6.45, 7) is 3.78. The number of ether oxygens (including phenoxy) is 2. The number of rotatable bonds is 5. The van der Waals surface area contributed by atoms with Crippen molar-refractivity contribution in [3.63, 3.8) is 0 Å². The molecule has 3 rings (SSSR count). The minimum Gasteiger partial charge on any atom is -0.482 e. The van der Waals surface area contributed by atoms with E-state index in [0.29, 0.717) is 17.2 Å². The van der Waals surface area contributed by atoms with Crippen LogP contribution >= 0.6 is 0 Å². The molecule has 1 aromatic heterocycles. The fraction of sp³-hybridized carbons (Fsp3) is 0.222. The normalized spacial score (nSPS) is 10.7. The first-order chi connectivity index (χ1) is 11.1. The lowest BCUT2D eigenvalue weighted by Gasteiger charge is -2.09. The van der Waals surface area contributed by atoms with Gasteiger partial charge in [0.05, 0.1) is 0 Å². The van der Waals surface area contributed by atoms with Gasteiger partial charge in [0.2, 0.25) is 5.89 Å². The Morgan fingerprint density at radius 1 is 1.17 bits per heavy atom. The number of aryl methyl sites for hydroxylation is 2. The van der Waals surface area contributed by atoms with Gasteiger partial charge in [-0.15, -0.1) is 0 Å². The van der Waals surface area contributed by atoms with Crippen LogP contribution in [0.25, 0.3) is 11.1 Å². The predicted octanol–water partition coefficient (Wildman–Crippen LogP) is 3.57. The molecule has 0 N–H and O–H groups in total. The molecule has 0 saturated carbocycles. The van der Waals surface area contributed by atoms with Gasteiger partial charge < -0.3 is 13.9 Å². The summed E-state index contributed by atoms with van der Waals surface area (Å²) >= 11 is 0. The summed E-state index contributed by atoms with van der Waals surface area (Å²) in [6.07, 6.45) is 0. The van der Waals surface area contributed by atoms with Crippen molar-refractivity contribution >= 4 is 17.1 Å². The minimum atomic E-state index is -0.466. The Morgan fingerprint density at radius 3 is 2.78 bits per heavy atom. The molecule has 0 atom stereocenters. The molecule has 0 saturated heterocycles. The van der Waals surface area contributed by atoms with Gasteiger partial charge in [-0.2, -0.15) is 0 Å². The molecule has 0 aliphatic rings. The molecule has 0 fully saturated rings. The SMILES string of the molecule is Cc1ccc(OCC(=O)OCc2nc3ccccc3o2)c(C)c1. The molecular formula is C18H17NO4. The number of nitrogens with zero attached hydrogens (tertiary/aromatic N) is 1. The fourth-order valence-electron chi connectivity index (χ4n) is 2.26. The van der Waals surface area contributed by atoms with Gasteiger partial charge in [0.1, 0.15) is 11.3 Å². The first-order valence-corrected chi connectivity index (χ1v) is 7.32. The second-order valence-electron chi connectivity index (χ2n) is 5.29. The summed E-state index contributed by atoms with van der Waals surface area (Å²) in [6, 6.07) is 13.2. The van der Waals surface area contributed by atoms with Crippen molar-refractivity contribution in [2.75, 3.05) is 6.61 Å². The highest BCUT2D eigenvalue weighted by Gasteiger charge is 2.10. The number of esters is 1. The second kappa shape index (κ2) is 6.52.